The number of rotatable bonds is 6. The van der Waals surface area contributed by atoms with Crippen LogP contribution in [0.1, 0.15) is 5.56 Å². The van der Waals surface area contributed by atoms with Crippen LogP contribution >= 0.6 is 45.2 Å². The van der Waals surface area contributed by atoms with E-state index in [2.05, 4.69) is 10.1 Å². The number of carbonyl (C=O) groups is 2. The molecule has 2 aromatic carbocycles. The molecule has 0 unspecified atom stereocenters. The number of hydrogen-bond acceptors (Lipinski definition) is 5. The van der Waals surface area contributed by atoms with E-state index in [1.54, 1.807) is 18.2 Å². The molecule has 1 N–H and O–H groups in total. The van der Waals surface area contributed by atoms with Crippen molar-refractivity contribution in [2.75, 3.05) is 19.0 Å². The molecule has 0 radical (unpaired) electrons. The molecule has 0 aliphatic rings. The molecule has 144 valence electrons. The van der Waals surface area contributed by atoms with Crippen LogP contribution in [0.2, 0.25) is 0 Å². The molecule has 0 atom stereocenters. The highest BCUT2D eigenvalue weighted by molar-refractivity contribution is 14.1. The van der Waals surface area contributed by atoms with Gasteiger partial charge in [-0.3, -0.25) is 4.79 Å². The summed E-state index contributed by atoms with van der Waals surface area (Å²) in [6.07, 6.45) is 1.39. The third-order valence-corrected chi connectivity index (χ3v) is 4.98. The van der Waals surface area contributed by atoms with Gasteiger partial charge in [-0.2, -0.15) is 5.26 Å². The van der Waals surface area contributed by atoms with E-state index in [1.165, 1.54) is 31.4 Å². The molecule has 28 heavy (non-hydrogen) atoms. The van der Waals surface area contributed by atoms with E-state index in [9.17, 15) is 19.2 Å². The van der Waals surface area contributed by atoms with Crippen molar-refractivity contribution >= 4 is 68.8 Å². The van der Waals surface area contributed by atoms with E-state index in [-0.39, 0.29) is 17.9 Å². The van der Waals surface area contributed by atoms with Crippen LogP contribution < -0.4 is 10.1 Å². The molecule has 0 fully saturated rings. The van der Waals surface area contributed by atoms with E-state index in [1.807, 2.05) is 51.3 Å². The van der Waals surface area contributed by atoms with Crippen molar-refractivity contribution in [3.63, 3.8) is 0 Å². The van der Waals surface area contributed by atoms with Gasteiger partial charge in [-0.25, -0.2) is 9.18 Å². The van der Waals surface area contributed by atoms with Crippen molar-refractivity contribution < 1.29 is 23.5 Å². The smallest absolute Gasteiger partial charge is 0.343 e. The summed E-state index contributed by atoms with van der Waals surface area (Å²) in [5, 5.41) is 11.7. The number of methoxy groups -OCH3 is 1. The SMILES string of the molecule is COC(=O)COc1c(I)cc(/C=C(/C#N)C(=O)Nc2ccccc2F)cc1I. The highest BCUT2D eigenvalue weighted by Gasteiger charge is 2.14. The topological polar surface area (TPSA) is 88.4 Å². The zero-order valence-electron chi connectivity index (χ0n) is 14.5. The number of benzene rings is 2. The van der Waals surface area contributed by atoms with Gasteiger partial charge in [0.1, 0.15) is 23.2 Å². The summed E-state index contributed by atoms with van der Waals surface area (Å²) in [4.78, 5) is 23.5. The summed E-state index contributed by atoms with van der Waals surface area (Å²) < 4.78 is 25.0. The second-order valence-electron chi connectivity index (χ2n) is 5.28. The van der Waals surface area contributed by atoms with E-state index in [0.717, 1.165) is 0 Å². The van der Waals surface area contributed by atoms with Crippen molar-refractivity contribution in [1.29, 1.82) is 5.26 Å². The number of amides is 1. The summed E-state index contributed by atoms with van der Waals surface area (Å²) in [7, 11) is 1.27. The van der Waals surface area contributed by atoms with Crippen LogP contribution in [0.15, 0.2) is 42.0 Å². The lowest BCUT2D eigenvalue weighted by Gasteiger charge is -2.11. The van der Waals surface area contributed by atoms with Gasteiger partial charge in [0.05, 0.1) is 19.9 Å². The maximum Gasteiger partial charge on any atom is 0.343 e. The third kappa shape index (κ3) is 5.90. The monoisotopic (exact) mass is 606 g/mol. The van der Waals surface area contributed by atoms with Crippen molar-refractivity contribution in [1.82, 2.24) is 0 Å². The molecule has 2 rings (SSSR count). The molecule has 0 saturated carbocycles. The molecule has 6 nitrogen and oxygen atoms in total. The lowest BCUT2D eigenvalue weighted by molar-refractivity contribution is -0.142. The first-order valence-corrected chi connectivity index (χ1v) is 9.87. The van der Waals surface area contributed by atoms with Crippen molar-refractivity contribution in [2.24, 2.45) is 0 Å². The number of carbonyl (C=O) groups excluding carboxylic acids is 2. The lowest BCUT2D eigenvalue weighted by atomic mass is 10.1. The van der Waals surface area contributed by atoms with Crippen LogP contribution in [0.3, 0.4) is 0 Å². The normalized spacial score (nSPS) is 10.8. The highest BCUT2D eigenvalue weighted by Crippen LogP contribution is 2.30. The fraction of sp³-hybridized carbons (Fsp3) is 0.105. The van der Waals surface area contributed by atoms with Gasteiger partial charge in [0, 0.05) is 0 Å². The first kappa shape index (κ1) is 22.1. The number of esters is 1. The minimum atomic E-state index is -0.719. The van der Waals surface area contributed by atoms with Gasteiger partial charge in [-0.1, -0.05) is 12.1 Å². The number of ether oxygens (including phenoxy) is 2. The zero-order valence-corrected chi connectivity index (χ0v) is 18.8. The molecular formula is C19H13FI2N2O4. The van der Waals surface area contributed by atoms with Gasteiger partial charge >= 0.3 is 5.97 Å². The van der Waals surface area contributed by atoms with Crippen LogP contribution in [0.4, 0.5) is 10.1 Å². The number of nitriles is 1. The second-order valence-corrected chi connectivity index (χ2v) is 7.61. The number of nitrogens with zero attached hydrogens (tertiary/aromatic N) is 1. The largest absolute Gasteiger partial charge is 0.480 e. The Morgan fingerprint density at radius 1 is 1.25 bits per heavy atom. The first-order valence-electron chi connectivity index (χ1n) is 7.72. The Labute approximate surface area is 188 Å². The lowest BCUT2D eigenvalue weighted by Crippen LogP contribution is -2.14. The van der Waals surface area contributed by atoms with E-state index in [0.29, 0.717) is 18.5 Å². The summed E-state index contributed by atoms with van der Waals surface area (Å²) >= 11 is 4.05. The van der Waals surface area contributed by atoms with Gasteiger partial charge in [-0.05, 0) is 81.1 Å². The first-order chi connectivity index (χ1) is 13.3. The fourth-order valence-corrected chi connectivity index (χ4v) is 4.19. The molecule has 2 aromatic rings. The Kier molecular flexibility index (Phi) is 8.18. The van der Waals surface area contributed by atoms with Gasteiger partial charge in [0.15, 0.2) is 6.61 Å². The molecule has 0 spiro atoms. The number of hydrogen-bond donors (Lipinski definition) is 1. The van der Waals surface area contributed by atoms with Crippen LogP contribution in [0.5, 0.6) is 5.75 Å². The van der Waals surface area contributed by atoms with Crippen molar-refractivity contribution in [2.45, 2.75) is 0 Å². The van der Waals surface area contributed by atoms with Crippen LogP contribution in [-0.4, -0.2) is 25.6 Å². The van der Waals surface area contributed by atoms with Gasteiger partial charge < -0.3 is 14.8 Å². The van der Waals surface area contributed by atoms with Gasteiger partial charge in [-0.15, -0.1) is 0 Å². The fourth-order valence-electron chi connectivity index (χ4n) is 2.06. The Hall–Kier alpha value is -2.20. The third-order valence-electron chi connectivity index (χ3n) is 3.38. The average molecular weight is 606 g/mol. The highest BCUT2D eigenvalue weighted by atomic mass is 127. The molecule has 1 amide bonds. The number of halogens is 3. The van der Waals surface area contributed by atoms with Crippen LogP contribution in [0, 0.1) is 24.3 Å². The molecule has 9 heteroatoms. The number of nitrogens with one attached hydrogen (secondary N) is 1. The Bertz CT molecular complexity index is 963. The summed E-state index contributed by atoms with van der Waals surface area (Å²) in [6.45, 7) is -0.230. The second kappa shape index (κ2) is 10.4. The van der Waals surface area contributed by atoms with Crippen LogP contribution in [0.25, 0.3) is 6.08 Å². The average Bonchev–Trinajstić information content (AvgIpc) is 2.66. The van der Waals surface area contributed by atoms with Crippen LogP contribution in [-0.2, 0) is 14.3 Å². The Morgan fingerprint density at radius 3 is 2.46 bits per heavy atom. The minimum absolute atomic E-state index is 0.00984. The van der Waals surface area contributed by atoms with Gasteiger partial charge in [0.25, 0.3) is 5.91 Å². The van der Waals surface area contributed by atoms with Crippen molar-refractivity contribution in [3.8, 4) is 11.8 Å². The van der Waals surface area contributed by atoms with Crippen molar-refractivity contribution in [3.05, 3.63) is 60.5 Å². The molecule has 0 saturated heterocycles. The number of anilines is 1. The molecular weight excluding hydrogens is 593 g/mol. The molecule has 0 aliphatic carbocycles. The van der Waals surface area contributed by atoms with E-state index >= 15 is 0 Å². The van der Waals surface area contributed by atoms with Gasteiger partial charge in [0.2, 0.25) is 0 Å². The maximum absolute atomic E-state index is 13.7. The predicted molar refractivity (Wildman–Crippen MR) is 118 cm³/mol. The maximum atomic E-state index is 13.7. The van der Waals surface area contributed by atoms with E-state index < -0.39 is 17.7 Å². The summed E-state index contributed by atoms with van der Waals surface area (Å²) in [6, 6.07) is 10.9. The molecule has 0 aromatic heterocycles. The summed E-state index contributed by atoms with van der Waals surface area (Å²) in [5.74, 6) is -1.32. The summed E-state index contributed by atoms with van der Waals surface area (Å²) in [5.41, 5.74) is 0.391. The number of para-hydroxylation sites is 1. The molecule has 0 bridgehead atoms. The Morgan fingerprint density at radius 2 is 1.89 bits per heavy atom. The standard InChI is InChI=1S/C19H13FI2N2O4/c1-27-17(25)10-28-18-14(21)7-11(8-15(18)22)6-12(9-23)19(26)24-16-5-3-2-4-13(16)20/h2-8H,10H2,1H3,(H,24,26)/b12-6-. The molecule has 0 heterocycles. The molecule has 0 aliphatic heterocycles. The minimum Gasteiger partial charge on any atom is -0.480 e. The van der Waals surface area contributed by atoms with E-state index in [4.69, 9.17) is 4.74 Å². The quantitative estimate of drug-likeness (QED) is 0.232. The zero-order chi connectivity index (χ0) is 20.7. The predicted octanol–water partition coefficient (Wildman–Crippen LogP) is 4.13. The Balaban J connectivity index is 2.24.